The molecule has 2 N–H and O–H groups in total. The van der Waals surface area contributed by atoms with E-state index in [-0.39, 0.29) is 36.0 Å². The number of nitrogens with one attached hydrogen (secondary N) is 1. The fourth-order valence-corrected chi connectivity index (χ4v) is 5.22. The monoisotopic (exact) mass is 390 g/mol. The van der Waals surface area contributed by atoms with Gasteiger partial charge in [-0.15, -0.1) is 0 Å². The summed E-state index contributed by atoms with van der Waals surface area (Å²) in [6.45, 7) is 3.46. The summed E-state index contributed by atoms with van der Waals surface area (Å²) in [6, 6.07) is 4.21. The first-order chi connectivity index (χ1) is 13.5. The van der Waals surface area contributed by atoms with E-state index in [1.54, 1.807) is 6.07 Å². The Hall–Kier alpha value is -1.82. The Morgan fingerprint density at radius 3 is 2.96 bits per heavy atom. The lowest BCUT2D eigenvalue weighted by molar-refractivity contribution is -0.00518. The zero-order valence-electron chi connectivity index (χ0n) is 16.6. The molecule has 5 unspecified atom stereocenters. The minimum absolute atomic E-state index is 0.0818. The molecule has 4 rings (SSSR count). The second-order valence-electron chi connectivity index (χ2n) is 8.73. The molecular formula is C22H31FN2O3. The number of piperidine rings is 1. The fourth-order valence-electron chi connectivity index (χ4n) is 5.22. The van der Waals surface area contributed by atoms with E-state index in [0.717, 1.165) is 38.5 Å². The first-order valence-corrected chi connectivity index (χ1v) is 10.7. The van der Waals surface area contributed by atoms with Crippen LogP contribution in [0.25, 0.3) is 0 Å². The number of fused-ring (bicyclic) bond motifs is 1. The van der Waals surface area contributed by atoms with Crippen LogP contribution in [0.2, 0.25) is 0 Å². The number of rotatable bonds is 2. The summed E-state index contributed by atoms with van der Waals surface area (Å²) in [5.41, 5.74) is 0.708. The minimum Gasteiger partial charge on any atom is -0.493 e. The summed E-state index contributed by atoms with van der Waals surface area (Å²) in [5, 5.41) is 13.7. The molecule has 28 heavy (non-hydrogen) atoms. The number of amides is 2. The molecular weight excluding hydrogens is 359 g/mol. The van der Waals surface area contributed by atoms with Gasteiger partial charge in [0.2, 0.25) is 0 Å². The normalized spacial score (nSPS) is 33.0. The van der Waals surface area contributed by atoms with Gasteiger partial charge in [-0.1, -0.05) is 6.92 Å². The zero-order valence-corrected chi connectivity index (χ0v) is 16.6. The quantitative estimate of drug-likeness (QED) is 0.802. The van der Waals surface area contributed by atoms with Crippen molar-refractivity contribution in [2.75, 3.05) is 13.2 Å². The summed E-state index contributed by atoms with van der Waals surface area (Å²) < 4.78 is 19.4. The molecule has 154 valence electrons. The van der Waals surface area contributed by atoms with Gasteiger partial charge in [0.05, 0.1) is 18.8 Å². The van der Waals surface area contributed by atoms with Gasteiger partial charge in [-0.05, 0) is 62.6 Å². The van der Waals surface area contributed by atoms with Gasteiger partial charge in [0.15, 0.2) is 0 Å². The smallest absolute Gasteiger partial charge is 0.318 e. The van der Waals surface area contributed by atoms with Gasteiger partial charge in [-0.3, -0.25) is 0 Å². The number of benzene rings is 1. The highest BCUT2D eigenvalue weighted by Crippen LogP contribution is 2.37. The van der Waals surface area contributed by atoms with Crippen molar-refractivity contribution in [2.24, 2.45) is 11.8 Å². The van der Waals surface area contributed by atoms with Crippen LogP contribution in [0.5, 0.6) is 5.75 Å². The molecule has 3 aliphatic rings. The summed E-state index contributed by atoms with van der Waals surface area (Å²) in [5.74, 6) is 1.06. The molecule has 1 saturated carbocycles. The maximum absolute atomic E-state index is 13.7. The molecule has 0 radical (unpaired) electrons. The van der Waals surface area contributed by atoms with Crippen molar-refractivity contribution in [2.45, 2.75) is 70.1 Å². The first kappa shape index (κ1) is 19.5. The van der Waals surface area contributed by atoms with Crippen molar-refractivity contribution in [1.29, 1.82) is 0 Å². The number of hydrogen-bond acceptors (Lipinski definition) is 3. The van der Waals surface area contributed by atoms with Crippen LogP contribution in [-0.4, -0.2) is 41.3 Å². The topological polar surface area (TPSA) is 61.8 Å². The molecule has 5 atom stereocenters. The van der Waals surface area contributed by atoms with E-state index in [4.69, 9.17) is 4.74 Å². The molecule has 0 bridgehead atoms. The van der Waals surface area contributed by atoms with Gasteiger partial charge >= 0.3 is 6.03 Å². The number of urea groups is 1. The summed E-state index contributed by atoms with van der Waals surface area (Å²) in [7, 11) is 0. The lowest BCUT2D eigenvalue weighted by Crippen LogP contribution is -2.55. The SMILES string of the molecule is CC1CCC(O)C(C2CCCCN2C(=O)NC2CCOc3ccc(F)cc32)C1. The summed E-state index contributed by atoms with van der Waals surface area (Å²) >= 11 is 0. The Morgan fingerprint density at radius 1 is 1.25 bits per heavy atom. The van der Waals surface area contributed by atoms with Gasteiger partial charge in [0.1, 0.15) is 11.6 Å². The highest BCUT2D eigenvalue weighted by molar-refractivity contribution is 5.75. The van der Waals surface area contributed by atoms with Gasteiger partial charge in [-0.25, -0.2) is 9.18 Å². The van der Waals surface area contributed by atoms with Crippen molar-refractivity contribution in [1.82, 2.24) is 10.2 Å². The second-order valence-corrected chi connectivity index (χ2v) is 8.73. The Kier molecular flexibility index (Phi) is 5.76. The maximum atomic E-state index is 13.7. The van der Waals surface area contributed by atoms with Crippen LogP contribution in [-0.2, 0) is 0 Å². The predicted octanol–water partition coefficient (Wildman–Crippen LogP) is 4.01. The number of halogens is 1. The number of nitrogens with zero attached hydrogens (tertiary/aromatic N) is 1. The maximum Gasteiger partial charge on any atom is 0.318 e. The average molecular weight is 390 g/mol. The fraction of sp³-hybridized carbons (Fsp3) is 0.682. The van der Waals surface area contributed by atoms with Gasteiger partial charge in [-0.2, -0.15) is 0 Å². The van der Waals surface area contributed by atoms with E-state index in [2.05, 4.69) is 12.2 Å². The number of carbonyl (C=O) groups excluding carboxylic acids is 1. The Morgan fingerprint density at radius 2 is 2.11 bits per heavy atom. The molecule has 1 aromatic rings. The van der Waals surface area contributed by atoms with Crippen molar-refractivity contribution in [3.63, 3.8) is 0 Å². The molecule has 1 aliphatic carbocycles. The van der Waals surface area contributed by atoms with E-state index < -0.39 is 0 Å². The van der Waals surface area contributed by atoms with Crippen molar-refractivity contribution < 1.29 is 19.0 Å². The van der Waals surface area contributed by atoms with Crippen LogP contribution in [0.3, 0.4) is 0 Å². The predicted molar refractivity (Wildman–Crippen MR) is 105 cm³/mol. The number of hydrogen-bond donors (Lipinski definition) is 2. The first-order valence-electron chi connectivity index (χ1n) is 10.7. The van der Waals surface area contributed by atoms with Crippen LogP contribution in [0, 0.1) is 17.7 Å². The summed E-state index contributed by atoms with van der Waals surface area (Å²) in [4.78, 5) is 15.1. The van der Waals surface area contributed by atoms with Crippen LogP contribution in [0.4, 0.5) is 9.18 Å². The molecule has 2 heterocycles. The number of aliphatic hydroxyl groups is 1. The molecule has 0 spiro atoms. The molecule has 1 aromatic carbocycles. The highest BCUT2D eigenvalue weighted by atomic mass is 19.1. The van der Waals surface area contributed by atoms with E-state index in [0.29, 0.717) is 36.8 Å². The molecule has 2 aliphatic heterocycles. The Labute approximate surface area is 166 Å². The molecule has 2 fully saturated rings. The van der Waals surface area contributed by atoms with Gasteiger partial charge < -0.3 is 20.1 Å². The number of ether oxygens (including phenoxy) is 1. The zero-order chi connectivity index (χ0) is 19.7. The van der Waals surface area contributed by atoms with Crippen LogP contribution < -0.4 is 10.1 Å². The number of likely N-dealkylation sites (tertiary alicyclic amines) is 1. The highest BCUT2D eigenvalue weighted by Gasteiger charge is 2.40. The van der Waals surface area contributed by atoms with Crippen LogP contribution in [0.1, 0.15) is 63.5 Å². The van der Waals surface area contributed by atoms with Crippen LogP contribution >= 0.6 is 0 Å². The average Bonchev–Trinajstić information content (AvgIpc) is 2.70. The van der Waals surface area contributed by atoms with E-state index >= 15 is 0 Å². The molecule has 5 nitrogen and oxygen atoms in total. The van der Waals surface area contributed by atoms with E-state index in [9.17, 15) is 14.3 Å². The molecule has 1 saturated heterocycles. The Bertz CT molecular complexity index is 713. The van der Waals surface area contributed by atoms with Crippen molar-refractivity contribution >= 4 is 6.03 Å². The second kappa shape index (κ2) is 8.27. The van der Waals surface area contributed by atoms with E-state index in [1.807, 2.05) is 4.90 Å². The number of aliphatic hydroxyl groups excluding tert-OH is 1. The van der Waals surface area contributed by atoms with Crippen LogP contribution in [0.15, 0.2) is 18.2 Å². The number of carbonyl (C=O) groups is 1. The molecule has 2 amide bonds. The molecule has 6 heteroatoms. The third-order valence-electron chi connectivity index (χ3n) is 6.74. The van der Waals surface area contributed by atoms with Crippen molar-refractivity contribution in [3.05, 3.63) is 29.6 Å². The minimum atomic E-state index is -0.326. The molecule has 0 aromatic heterocycles. The van der Waals surface area contributed by atoms with Crippen molar-refractivity contribution in [3.8, 4) is 5.75 Å². The van der Waals surface area contributed by atoms with Gasteiger partial charge in [0.25, 0.3) is 0 Å². The van der Waals surface area contributed by atoms with Gasteiger partial charge in [0, 0.05) is 30.5 Å². The largest absolute Gasteiger partial charge is 0.493 e. The Balaban J connectivity index is 1.50. The third kappa shape index (κ3) is 3.97. The summed E-state index contributed by atoms with van der Waals surface area (Å²) in [6.07, 6.45) is 6.18. The lowest BCUT2D eigenvalue weighted by atomic mass is 9.74. The third-order valence-corrected chi connectivity index (χ3v) is 6.74. The lowest BCUT2D eigenvalue weighted by Gasteiger charge is -2.45. The van der Waals surface area contributed by atoms with E-state index in [1.165, 1.54) is 12.1 Å². The standard InChI is InChI=1S/C22H31FN2O3/c1-14-5-7-20(26)17(12-14)19-4-2-3-10-25(19)22(27)24-18-9-11-28-21-8-6-15(23)13-16(18)21/h6,8,13-14,17-20,26H,2-5,7,9-12H2,1H3,(H,24,27).